The summed E-state index contributed by atoms with van der Waals surface area (Å²) in [4.78, 5) is 0. The lowest BCUT2D eigenvalue weighted by atomic mass is 9.90. The summed E-state index contributed by atoms with van der Waals surface area (Å²) in [6, 6.07) is 8.69. The zero-order valence-corrected chi connectivity index (χ0v) is 10.6. The molecule has 14 heavy (non-hydrogen) atoms. The molecule has 1 aliphatic rings. The molecule has 0 saturated carbocycles. The van der Waals surface area contributed by atoms with Crippen molar-refractivity contribution in [3.63, 3.8) is 0 Å². The summed E-state index contributed by atoms with van der Waals surface area (Å²) in [6.45, 7) is 4.59. The zero-order chi connectivity index (χ0) is 9.26. The highest BCUT2D eigenvalue weighted by molar-refractivity contribution is 9.10. The van der Waals surface area contributed by atoms with E-state index in [-0.39, 0.29) is 12.4 Å². The Kier molecular flexibility index (Phi) is 4.42. The fraction of sp³-hybridized carbons (Fsp3) is 0.455. The van der Waals surface area contributed by atoms with Crippen LogP contribution in [0, 0.1) is 5.92 Å². The Bertz CT molecular complexity index is 286. The van der Waals surface area contributed by atoms with Crippen molar-refractivity contribution >= 4 is 28.3 Å². The maximum absolute atomic E-state index is 3.45. The number of hydrogen-bond donors (Lipinski definition) is 1. The minimum atomic E-state index is 0. The van der Waals surface area contributed by atoms with Crippen LogP contribution in [0.2, 0.25) is 0 Å². The van der Waals surface area contributed by atoms with Crippen molar-refractivity contribution in [2.75, 3.05) is 13.1 Å². The van der Waals surface area contributed by atoms with Gasteiger partial charge in [0.2, 0.25) is 0 Å². The molecule has 1 fully saturated rings. The molecule has 0 aliphatic carbocycles. The van der Waals surface area contributed by atoms with Gasteiger partial charge >= 0.3 is 0 Å². The van der Waals surface area contributed by atoms with E-state index in [1.807, 2.05) is 0 Å². The van der Waals surface area contributed by atoms with Crippen LogP contribution in [-0.2, 0) is 0 Å². The second kappa shape index (κ2) is 5.15. The van der Waals surface area contributed by atoms with Crippen molar-refractivity contribution in [3.8, 4) is 0 Å². The van der Waals surface area contributed by atoms with Crippen molar-refractivity contribution in [1.82, 2.24) is 5.32 Å². The third-order valence-electron chi connectivity index (χ3n) is 2.82. The summed E-state index contributed by atoms with van der Waals surface area (Å²) >= 11 is 3.45. The van der Waals surface area contributed by atoms with Crippen LogP contribution < -0.4 is 5.32 Å². The van der Waals surface area contributed by atoms with Crippen molar-refractivity contribution in [2.24, 2.45) is 5.92 Å². The predicted octanol–water partition coefficient (Wildman–Crippen LogP) is 3.19. The summed E-state index contributed by atoms with van der Waals surface area (Å²) in [6.07, 6.45) is 0. The molecule has 1 aliphatic heterocycles. The largest absolute Gasteiger partial charge is 0.316 e. The van der Waals surface area contributed by atoms with Gasteiger partial charge in [-0.1, -0.05) is 35.0 Å². The Morgan fingerprint density at radius 3 is 2.36 bits per heavy atom. The first kappa shape index (κ1) is 12.0. The van der Waals surface area contributed by atoms with Crippen molar-refractivity contribution in [1.29, 1.82) is 0 Å². The summed E-state index contributed by atoms with van der Waals surface area (Å²) in [5.41, 5.74) is 1.46. The maximum Gasteiger partial charge on any atom is 0.0175 e. The predicted molar refractivity (Wildman–Crippen MR) is 66.2 cm³/mol. The molecule has 0 bridgehead atoms. The van der Waals surface area contributed by atoms with Crippen LogP contribution in [0.3, 0.4) is 0 Å². The van der Waals surface area contributed by atoms with E-state index >= 15 is 0 Å². The quantitative estimate of drug-likeness (QED) is 0.831. The Labute approximate surface area is 99.8 Å². The topological polar surface area (TPSA) is 12.0 Å². The van der Waals surface area contributed by atoms with Gasteiger partial charge in [-0.2, -0.15) is 0 Å². The molecular weight excluding hydrogens is 261 g/mol. The van der Waals surface area contributed by atoms with Crippen LogP contribution in [0.15, 0.2) is 28.7 Å². The van der Waals surface area contributed by atoms with E-state index in [1.54, 1.807) is 0 Å². The van der Waals surface area contributed by atoms with E-state index in [2.05, 4.69) is 52.4 Å². The molecule has 1 nitrogen and oxygen atoms in total. The fourth-order valence-electron chi connectivity index (χ4n) is 1.97. The molecule has 1 N–H and O–H groups in total. The van der Waals surface area contributed by atoms with Gasteiger partial charge in [0.05, 0.1) is 0 Å². The smallest absolute Gasteiger partial charge is 0.0175 e. The van der Waals surface area contributed by atoms with Crippen LogP contribution in [-0.4, -0.2) is 13.1 Å². The third-order valence-corrected chi connectivity index (χ3v) is 3.34. The summed E-state index contributed by atoms with van der Waals surface area (Å²) in [5, 5.41) is 3.42. The Balaban J connectivity index is 0.000000980. The van der Waals surface area contributed by atoms with Crippen molar-refractivity contribution in [3.05, 3.63) is 34.3 Å². The summed E-state index contributed by atoms with van der Waals surface area (Å²) in [7, 11) is 0. The number of benzene rings is 1. The highest BCUT2D eigenvalue weighted by atomic mass is 79.9. The Morgan fingerprint density at radius 2 is 1.86 bits per heavy atom. The zero-order valence-electron chi connectivity index (χ0n) is 8.16. The molecule has 1 aromatic carbocycles. The summed E-state index contributed by atoms with van der Waals surface area (Å²) in [5.74, 6) is 1.47. The minimum absolute atomic E-state index is 0. The van der Waals surface area contributed by atoms with Crippen molar-refractivity contribution in [2.45, 2.75) is 12.8 Å². The summed E-state index contributed by atoms with van der Waals surface area (Å²) < 4.78 is 1.16. The normalized spacial score (nSPS) is 25.9. The average Bonchev–Trinajstić information content (AvgIpc) is 2.53. The molecule has 0 aromatic heterocycles. The molecular formula is C11H15BrClN. The van der Waals surface area contributed by atoms with E-state index in [4.69, 9.17) is 0 Å². The van der Waals surface area contributed by atoms with Gasteiger partial charge in [-0.3, -0.25) is 0 Å². The van der Waals surface area contributed by atoms with Crippen LogP contribution in [0.4, 0.5) is 0 Å². The Morgan fingerprint density at radius 1 is 1.21 bits per heavy atom. The standard InChI is InChI=1S/C11H14BrN.ClH/c1-8-6-13-7-11(8)9-2-4-10(12)5-3-9;/h2-5,8,11,13H,6-7H2,1H3;1H. The fourth-order valence-corrected chi connectivity index (χ4v) is 2.23. The first-order chi connectivity index (χ1) is 6.27. The van der Waals surface area contributed by atoms with Gasteiger partial charge in [0.25, 0.3) is 0 Å². The van der Waals surface area contributed by atoms with Gasteiger partial charge in [0.15, 0.2) is 0 Å². The van der Waals surface area contributed by atoms with E-state index in [0.717, 1.165) is 23.5 Å². The first-order valence-electron chi connectivity index (χ1n) is 4.73. The molecule has 1 saturated heterocycles. The number of hydrogen-bond acceptors (Lipinski definition) is 1. The molecule has 78 valence electrons. The number of nitrogens with one attached hydrogen (secondary N) is 1. The lowest BCUT2D eigenvalue weighted by molar-refractivity contribution is 0.572. The van der Waals surface area contributed by atoms with Crippen LogP contribution >= 0.6 is 28.3 Å². The van der Waals surface area contributed by atoms with E-state index in [0.29, 0.717) is 5.92 Å². The molecule has 1 aromatic rings. The number of rotatable bonds is 1. The van der Waals surface area contributed by atoms with E-state index in [1.165, 1.54) is 5.56 Å². The third kappa shape index (κ3) is 2.50. The molecule has 2 rings (SSSR count). The van der Waals surface area contributed by atoms with Crippen LogP contribution in [0.1, 0.15) is 18.4 Å². The lowest BCUT2D eigenvalue weighted by Crippen LogP contribution is -2.07. The SMILES string of the molecule is CC1CNCC1c1ccc(Br)cc1.Cl. The molecule has 2 unspecified atom stereocenters. The van der Waals surface area contributed by atoms with Gasteiger partial charge < -0.3 is 5.32 Å². The second-order valence-corrected chi connectivity index (χ2v) is 4.71. The molecule has 1 heterocycles. The second-order valence-electron chi connectivity index (χ2n) is 3.79. The van der Waals surface area contributed by atoms with Crippen LogP contribution in [0.25, 0.3) is 0 Å². The van der Waals surface area contributed by atoms with Gasteiger partial charge in [-0.25, -0.2) is 0 Å². The minimum Gasteiger partial charge on any atom is -0.316 e. The van der Waals surface area contributed by atoms with Crippen LogP contribution in [0.5, 0.6) is 0 Å². The molecule has 0 amide bonds. The van der Waals surface area contributed by atoms with Crippen molar-refractivity contribution < 1.29 is 0 Å². The highest BCUT2D eigenvalue weighted by Crippen LogP contribution is 2.28. The first-order valence-corrected chi connectivity index (χ1v) is 5.53. The lowest BCUT2D eigenvalue weighted by Gasteiger charge is -2.14. The Hall–Kier alpha value is -0.0500. The monoisotopic (exact) mass is 275 g/mol. The molecule has 2 atom stereocenters. The van der Waals surface area contributed by atoms with Gasteiger partial charge in [-0.15, -0.1) is 12.4 Å². The highest BCUT2D eigenvalue weighted by Gasteiger charge is 2.23. The van der Waals surface area contributed by atoms with E-state index in [9.17, 15) is 0 Å². The average molecular weight is 277 g/mol. The van der Waals surface area contributed by atoms with Gasteiger partial charge in [0.1, 0.15) is 0 Å². The van der Waals surface area contributed by atoms with Gasteiger partial charge in [0, 0.05) is 16.9 Å². The molecule has 3 heteroatoms. The number of halogens is 2. The van der Waals surface area contributed by atoms with Gasteiger partial charge in [-0.05, 0) is 30.2 Å². The molecule has 0 spiro atoms. The van der Waals surface area contributed by atoms with E-state index < -0.39 is 0 Å². The molecule has 0 radical (unpaired) electrons. The maximum atomic E-state index is 3.45.